The molecule has 1 aromatic rings. The van der Waals surface area contributed by atoms with Crippen molar-refractivity contribution in [2.24, 2.45) is 0 Å². The summed E-state index contributed by atoms with van der Waals surface area (Å²) in [5, 5.41) is 3.01. The Kier molecular flexibility index (Phi) is 6.80. The number of amides is 1. The molecule has 1 aliphatic heterocycles. The first kappa shape index (κ1) is 17.7. The summed E-state index contributed by atoms with van der Waals surface area (Å²) in [6.45, 7) is 5.74. The molecule has 1 aromatic heterocycles. The number of hydrogen-bond donors (Lipinski definition) is 1. The molecule has 0 aliphatic carbocycles. The lowest BCUT2D eigenvalue weighted by atomic mass is 10.2. The Morgan fingerprint density at radius 2 is 2.39 bits per heavy atom. The Labute approximate surface area is 138 Å². The summed E-state index contributed by atoms with van der Waals surface area (Å²) in [6, 6.07) is 4.10. The van der Waals surface area contributed by atoms with Gasteiger partial charge in [0.05, 0.1) is 18.8 Å². The Hall–Kier alpha value is -1.66. The predicted octanol–water partition coefficient (Wildman–Crippen LogP) is 1.46. The van der Waals surface area contributed by atoms with E-state index in [-0.39, 0.29) is 24.1 Å². The largest absolute Gasteiger partial charge is 0.490 e. The molecule has 6 nitrogen and oxygen atoms in total. The smallest absolute Gasteiger partial charge is 0.234 e. The van der Waals surface area contributed by atoms with E-state index in [9.17, 15) is 4.79 Å². The number of rotatable bonds is 8. The van der Waals surface area contributed by atoms with Crippen LogP contribution in [0.1, 0.15) is 26.7 Å². The van der Waals surface area contributed by atoms with Gasteiger partial charge in [0.25, 0.3) is 0 Å². The minimum atomic E-state index is 0.0579. The van der Waals surface area contributed by atoms with E-state index in [1.165, 1.54) is 0 Å². The number of ether oxygens (including phenoxy) is 2. The van der Waals surface area contributed by atoms with Gasteiger partial charge in [0.15, 0.2) is 0 Å². The third kappa shape index (κ3) is 5.48. The van der Waals surface area contributed by atoms with Crippen LogP contribution in [0.3, 0.4) is 0 Å². The first-order chi connectivity index (χ1) is 11.1. The Morgan fingerprint density at radius 3 is 3.04 bits per heavy atom. The summed E-state index contributed by atoms with van der Waals surface area (Å²) in [5.74, 6) is 0.805. The average molecular weight is 321 g/mol. The molecular formula is C17H27N3O3. The van der Waals surface area contributed by atoms with Crippen molar-refractivity contribution in [3.8, 4) is 5.75 Å². The standard InChI is InChI=1S/C17H27N3O3/c1-4-13(2)19-17(21)11-20-10-16(22-3)8-14(20)12-23-15-6-5-7-18-9-15/h5-7,9,13-14,16H,4,8,10-12H2,1-3H3,(H,19,21)/t13?,14-,16-/m1/s1. The number of nitrogens with one attached hydrogen (secondary N) is 1. The van der Waals surface area contributed by atoms with Gasteiger partial charge in [-0.15, -0.1) is 0 Å². The van der Waals surface area contributed by atoms with E-state index >= 15 is 0 Å². The van der Waals surface area contributed by atoms with Gasteiger partial charge in [-0.25, -0.2) is 0 Å². The molecule has 2 rings (SSSR count). The fourth-order valence-corrected chi connectivity index (χ4v) is 2.71. The van der Waals surface area contributed by atoms with Crippen LogP contribution in [-0.4, -0.2) is 60.8 Å². The lowest BCUT2D eigenvalue weighted by molar-refractivity contribution is -0.123. The number of hydrogen-bond acceptors (Lipinski definition) is 5. The zero-order valence-electron chi connectivity index (χ0n) is 14.2. The van der Waals surface area contributed by atoms with Crippen LogP contribution in [0.2, 0.25) is 0 Å². The van der Waals surface area contributed by atoms with Gasteiger partial charge in [-0.2, -0.15) is 0 Å². The van der Waals surface area contributed by atoms with E-state index < -0.39 is 0 Å². The van der Waals surface area contributed by atoms with Crippen molar-refractivity contribution < 1.29 is 14.3 Å². The summed E-state index contributed by atoms with van der Waals surface area (Å²) in [7, 11) is 1.71. The minimum absolute atomic E-state index is 0.0579. The molecule has 1 unspecified atom stereocenters. The van der Waals surface area contributed by atoms with E-state index in [1.54, 1.807) is 19.5 Å². The number of methoxy groups -OCH3 is 1. The lowest BCUT2D eigenvalue weighted by Crippen LogP contribution is -2.44. The highest BCUT2D eigenvalue weighted by molar-refractivity contribution is 5.78. The summed E-state index contributed by atoms with van der Waals surface area (Å²) < 4.78 is 11.3. The number of likely N-dealkylation sites (tertiary alicyclic amines) is 1. The monoisotopic (exact) mass is 321 g/mol. The van der Waals surface area contributed by atoms with Crippen molar-refractivity contribution in [1.82, 2.24) is 15.2 Å². The number of aromatic nitrogens is 1. The van der Waals surface area contributed by atoms with Crippen molar-refractivity contribution in [2.45, 2.75) is 44.9 Å². The molecule has 23 heavy (non-hydrogen) atoms. The molecule has 0 radical (unpaired) electrons. The highest BCUT2D eigenvalue weighted by atomic mass is 16.5. The van der Waals surface area contributed by atoms with E-state index in [0.717, 1.165) is 25.1 Å². The molecule has 1 saturated heterocycles. The highest BCUT2D eigenvalue weighted by Crippen LogP contribution is 2.21. The highest BCUT2D eigenvalue weighted by Gasteiger charge is 2.33. The van der Waals surface area contributed by atoms with Gasteiger partial charge >= 0.3 is 0 Å². The van der Waals surface area contributed by atoms with E-state index in [4.69, 9.17) is 9.47 Å². The topological polar surface area (TPSA) is 63.7 Å². The zero-order chi connectivity index (χ0) is 16.7. The fraction of sp³-hybridized carbons (Fsp3) is 0.647. The Morgan fingerprint density at radius 1 is 1.57 bits per heavy atom. The molecule has 0 aromatic carbocycles. The van der Waals surface area contributed by atoms with Gasteiger partial charge in [0, 0.05) is 31.9 Å². The maximum absolute atomic E-state index is 12.1. The predicted molar refractivity (Wildman–Crippen MR) is 88.4 cm³/mol. The molecular weight excluding hydrogens is 294 g/mol. The number of pyridine rings is 1. The molecule has 0 saturated carbocycles. The van der Waals surface area contributed by atoms with Crippen molar-refractivity contribution in [1.29, 1.82) is 0 Å². The van der Waals surface area contributed by atoms with Gasteiger partial charge in [-0.05, 0) is 31.9 Å². The van der Waals surface area contributed by atoms with Crippen LogP contribution in [-0.2, 0) is 9.53 Å². The van der Waals surface area contributed by atoms with Gasteiger partial charge in [0.1, 0.15) is 12.4 Å². The first-order valence-corrected chi connectivity index (χ1v) is 8.21. The first-order valence-electron chi connectivity index (χ1n) is 8.21. The zero-order valence-corrected chi connectivity index (χ0v) is 14.2. The minimum Gasteiger partial charge on any atom is -0.490 e. The molecule has 1 fully saturated rings. The van der Waals surface area contributed by atoms with E-state index in [2.05, 4.69) is 22.1 Å². The fourth-order valence-electron chi connectivity index (χ4n) is 2.71. The van der Waals surface area contributed by atoms with Gasteiger partial charge in [-0.3, -0.25) is 14.7 Å². The van der Waals surface area contributed by atoms with Gasteiger partial charge < -0.3 is 14.8 Å². The average Bonchev–Trinajstić information content (AvgIpc) is 2.95. The third-order valence-corrected chi connectivity index (χ3v) is 4.27. The van der Waals surface area contributed by atoms with Crippen molar-refractivity contribution in [3.63, 3.8) is 0 Å². The van der Waals surface area contributed by atoms with E-state index in [0.29, 0.717) is 13.2 Å². The van der Waals surface area contributed by atoms with Gasteiger partial charge in [-0.1, -0.05) is 6.92 Å². The van der Waals surface area contributed by atoms with Crippen molar-refractivity contribution in [3.05, 3.63) is 24.5 Å². The molecule has 1 amide bonds. The molecule has 0 spiro atoms. The Bertz CT molecular complexity index is 483. The maximum atomic E-state index is 12.1. The van der Waals surface area contributed by atoms with Crippen LogP contribution < -0.4 is 10.1 Å². The van der Waals surface area contributed by atoms with E-state index in [1.807, 2.05) is 19.1 Å². The second-order valence-electron chi connectivity index (χ2n) is 6.05. The SMILES string of the molecule is CCC(C)NC(=O)CN1C[C@H](OC)C[C@@H]1COc1cccnc1. The number of carbonyl (C=O) groups is 1. The van der Waals surface area contributed by atoms with Crippen molar-refractivity contribution in [2.75, 3.05) is 26.8 Å². The Balaban J connectivity index is 1.88. The van der Waals surface area contributed by atoms with Gasteiger partial charge in [0.2, 0.25) is 5.91 Å². The second-order valence-corrected chi connectivity index (χ2v) is 6.05. The second kappa shape index (κ2) is 8.84. The van der Waals surface area contributed by atoms with Crippen LogP contribution in [0.5, 0.6) is 5.75 Å². The third-order valence-electron chi connectivity index (χ3n) is 4.27. The number of carbonyl (C=O) groups excluding carboxylic acids is 1. The molecule has 2 heterocycles. The molecule has 0 bridgehead atoms. The van der Waals surface area contributed by atoms with Crippen molar-refractivity contribution >= 4 is 5.91 Å². The number of nitrogens with zero attached hydrogens (tertiary/aromatic N) is 2. The molecule has 1 aliphatic rings. The van der Waals surface area contributed by atoms with Crippen LogP contribution in [0.25, 0.3) is 0 Å². The molecule has 6 heteroatoms. The van der Waals surface area contributed by atoms with Crippen LogP contribution in [0.15, 0.2) is 24.5 Å². The summed E-state index contributed by atoms with van der Waals surface area (Å²) >= 11 is 0. The summed E-state index contributed by atoms with van der Waals surface area (Å²) in [6.07, 6.45) is 5.36. The van der Waals surface area contributed by atoms with Crippen LogP contribution >= 0.6 is 0 Å². The lowest BCUT2D eigenvalue weighted by Gasteiger charge is -2.24. The summed E-state index contributed by atoms with van der Waals surface area (Å²) in [4.78, 5) is 18.3. The maximum Gasteiger partial charge on any atom is 0.234 e. The summed E-state index contributed by atoms with van der Waals surface area (Å²) in [5.41, 5.74) is 0. The van der Waals surface area contributed by atoms with Crippen LogP contribution in [0, 0.1) is 0 Å². The van der Waals surface area contributed by atoms with Crippen LogP contribution in [0.4, 0.5) is 0 Å². The normalized spacial score (nSPS) is 22.7. The molecule has 128 valence electrons. The molecule has 3 atom stereocenters. The molecule has 1 N–H and O–H groups in total. The quantitative estimate of drug-likeness (QED) is 0.785.